The summed E-state index contributed by atoms with van der Waals surface area (Å²) in [6.45, 7) is 0. The van der Waals surface area contributed by atoms with Gasteiger partial charge in [0.25, 0.3) is 0 Å². The monoisotopic (exact) mass is 373 g/mol. The third-order valence-corrected chi connectivity index (χ3v) is 5.27. The third kappa shape index (κ3) is 2.00. The molecule has 0 radical (unpaired) electrons. The minimum Gasteiger partial charge on any atom is -0.289 e. The van der Waals surface area contributed by atoms with Crippen molar-refractivity contribution in [3.8, 4) is 28.3 Å². The van der Waals surface area contributed by atoms with E-state index in [2.05, 4.69) is 0 Å². The SMILES string of the molecule is N#C/C(=C1\c2ccccc2-c2c1ccc1c2C(=O)c2ccccc2-1)C(F)(F)F. The van der Waals surface area contributed by atoms with Crippen molar-refractivity contribution in [1.29, 1.82) is 5.26 Å². The van der Waals surface area contributed by atoms with Crippen LogP contribution in [0.1, 0.15) is 27.0 Å². The number of ketones is 1. The topological polar surface area (TPSA) is 40.9 Å². The molecular weight excluding hydrogens is 363 g/mol. The molecule has 3 aromatic rings. The molecule has 0 unspecified atom stereocenters. The summed E-state index contributed by atoms with van der Waals surface area (Å²) in [5, 5.41) is 9.27. The Labute approximate surface area is 158 Å². The van der Waals surface area contributed by atoms with Crippen molar-refractivity contribution in [3.05, 3.63) is 88.5 Å². The molecule has 0 heterocycles. The van der Waals surface area contributed by atoms with E-state index in [9.17, 15) is 23.2 Å². The van der Waals surface area contributed by atoms with Crippen molar-refractivity contribution in [2.75, 3.05) is 0 Å². The van der Waals surface area contributed by atoms with Gasteiger partial charge in [0.1, 0.15) is 11.6 Å². The lowest BCUT2D eigenvalue weighted by molar-refractivity contribution is -0.0867. The fourth-order valence-electron chi connectivity index (χ4n) is 4.20. The first-order valence-corrected chi connectivity index (χ1v) is 8.56. The van der Waals surface area contributed by atoms with Gasteiger partial charge in [-0.05, 0) is 27.8 Å². The van der Waals surface area contributed by atoms with Gasteiger partial charge in [0, 0.05) is 22.3 Å². The van der Waals surface area contributed by atoms with Gasteiger partial charge in [0.2, 0.25) is 0 Å². The van der Waals surface area contributed by atoms with Crippen LogP contribution >= 0.6 is 0 Å². The summed E-state index contributed by atoms with van der Waals surface area (Å²) in [6.07, 6.45) is -4.79. The van der Waals surface area contributed by atoms with Crippen LogP contribution in [-0.4, -0.2) is 12.0 Å². The number of alkyl halides is 3. The number of benzene rings is 3. The zero-order valence-electron chi connectivity index (χ0n) is 14.3. The first-order valence-electron chi connectivity index (χ1n) is 8.56. The second-order valence-corrected chi connectivity index (χ2v) is 6.69. The molecule has 28 heavy (non-hydrogen) atoms. The summed E-state index contributed by atoms with van der Waals surface area (Å²) < 4.78 is 40.7. The molecule has 0 aliphatic heterocycles. The standard InChI is InChI=1S/C23H10F3NO/c24-23(25,26)18(11-27)19-13-6-2-3-7-14(13)20-17(19)10-9-15-12-5-1-4-8-16(12)22(28)21(15)20/h1-10H/b19-18-. The molecule has 0 spiro atoms. The van der Waals surface area contributed by atoms with Crippen LogP contribution in [-0.2, 0) is 0 Å². The van der Waals surface area contributed by atoms with Gasteiger partial charge in [-0.15, -0.1) is 0 Å². The number of rotatable bonds is 0. The molecule has 0 atom stereocenters. The van der Waals surface area contributed by atoms with Crippen LogP contribution in [0.5, 0.6) is 0 Å². The largest absolute Gasteiger partial charge is 0.426 e. The van der Waals surface area contributed by atoms with E-state index in [1.807, 2.05) is 12.1 Å². The average Bonchev–Trinajstić information content (AvgIpc) is 3.15. The van der Waals surface area contributed by atoms with E-state index in [0.29, 0.717) is 33.4 Å². The summed E-state index contributed by atoms with van der Waals surface area (Å²) in [5.74, 6) is -0.205. The quantitative estimate of drug-likeness (QED) is 0.324. The molecular formula is C23H10F3NO. The van der Waals surface area contributed by atoms with E-state index in [0.717, 1.165) is 5.56 Å². The molecule has 2 aliphatic rings. The van der Waals surface area contributed by atoms with Crippen LogP contribution in [0.3, 0.4) is 0 Å². The number of halogens is 3. The number of hydrogen-bond acceptors (Lipinski definition) is 2. The van der Waals surface area contributed by atoms with Crippen molar-refractivity contribution >= 4 is 11.4 Å². The molecule has 2 aliphatic carbocycles. The molecule has 5 rings (SSSR count). The Morgan fingerprint density at radius 1 is 0.714 bits per heavy atom. The van der Waals surface area contributed by atoms with Crippen LogP contribution in [0, 0.1) is 11.3 Å². The molecule has 2 nitrogen and oxygen atoms in total. The summed E-state index contributed by atoms with van der Waals surface area (Å²) in [7, 11) is 0. The van der Waals surface area contributed by atoms with Crippen LogP contribution in [0.2, 0.25) is 0 Å². The molecule has 0 fully saturated rings. The molecule has 0 saturated heterocycles. The minimum absolute atomic E-state index is 0.160. The Bertz CT molecular complexity index is 1280. The first kappa shape index (κ1) is 16.5. The highest BCUT2D eigenvalue weighted by atomic mass is 19.4. The number of carbonyl (C=O) groups is 1. The maximum atomic E-state index is 13.6. The number of carbonyl (C=O) groups excluding carboxylic acids is 1. The van der Waals surface area contributed by atoms with E-state index in [1.54, 1.807) is 48.5 Å². The van der Waals surface area contributed by atoms with Crippen molar-refractivity contribution < 1.29 is 18.0 Å². The van der Waals surface area contributed by atoms with E-state index in [4.69, 9.17) is 0 Å². The van der Waals surface area contributed by atoms with Crippen LogP contribution in [0.25, 0.3) is 27.8 Å². The van der Waals surface area contributed by atoms with E-state index >= 15 is 0 Å². The summed E-state index contributed by atoms with van der Waals surface area (Å²) in [5.41, 5.74) is 2.63. The predicted octanol–water partition coefficient (Wildman–Crippen LogP) is 5.77. The molecule has 0 amide bonds. The Morgan fingerprint density at radius 3 is 1.93 bits per heavy atom. The summed E-state index contributed by atoms with van der Waals surface area (Å²) in [4.78, 5) is 13.1. The molecule has 0 aromatic heterocycles. The van der Waals surface area contributed by atoms with Gasteiger partial charge >= 0.3 is 6.18 Å². The zero-order valence-corrected chi connectivity index (χ0v) is 14.3. The number of allylic oxidation sites excluding steroid dienone is 1. The first-order chi connectivity index (χ1) is 13.4. The van der Waals surface area contributed by atoms with Gasteiger partial charge in [-0.3, -0.25) is 4.79 Å². The van der Waals surface area contributed by atoms with Crippen LogP contribution < -0.4 is 0 Å². The maximum Gasteiger partial charge on any atom is 0.426 e. The maximum absolute atomic E-state index is 13.6. The predicted molar refractivity (Wildman–Crippen MR) is 98.4 cm³/mol. The second kappa shape index (κ2) is 5.43. The van der Waals surface area contributed by atoms with Gasteiger partial charge < -0.3 is 0 Å². The van der Waals surface area contributed by atoms with E-state index < -0.39 is 11.7 Å². The second-order valence-electron chi connectivity index (χ2n) is 6.69. The van der Waals surface area contributed by atoms with Crippen molar-refractivity contribution in [1.82, 2.24) is 0 Å². The highest BCUT2D eigenvalue weighted by Crippen LogP contribution is 2.53. The normalized spacial score (nSPS) is 15.4. The van der Waals surface area contributed by atoms with Gasteiger partial charge in [-0.25, -0.2) is 0 Å². The average molecular weight is 373 g/mol. The summed E-state index contributed by atoms with van der Waals surface area (Å²) >= 11 is 0. The van der Waals surface area contributed by atoms with Crippen molar-refractivity contribution in [3.63, 3.8) is 0 Å². The number of hydrogen-bond donors (Lipinski definition) is 0. The van der Waals surface area contributed by atoms with Crippen LogP contribution in [0.15, 0.2) is 66.2 Å². The van der Waals surface area contributed by atoms with E-state index in [1.165, 1.54) is 6.07 Å². The lowest BCUT2D eigenvalue weighted by atomic mass is 9.93. The molecule has 134 valence electrons. The van der Waals surface area contributed by atoms with Gasteiger partial charge in [-0.2, -0.15) is 18.4 Å². The van der Waals surface area contributed by atoms with E-state index in [-0.39, 0.29) is 16.9 Å². The van der Waals surface area contributed by atoms with Gasteiger partial charge in [0.05, 0.1) is 0 Å². The molecule has 0 bridgehead atoms. The Morgan fingerprint density at radius 2 is 1.29 bits per heavy atom. The molecule has 0 saturated carbocycles. The highest BCUT2D eigenvalue weighted by Gasteiger charge is 2.42. The summed E-state index contributed by atoms with van der Waals surface area (Å²) in [6, 6.07) is 18.3. The smallest absolute Gasteiger partial charge is 0.289 e. The van der Waals surface area contributed by atoms with Crippen molar-refractivity contribution in [2.45, 2.75) is 6.18 Å². The molecule has 0 N–H and O–H groups in total. The Balaban J connectivity index is 1.93. The number of fused-ring (bicyclic) bond motifs is 7. The zero-order chi connectivity index (χ0) is 19.6. The fraction of sp³-hybridized carbons (Fsp3) is 0.0435. The van der Waals surface area contributed by atoms with Crippen LogP contribution in [0.4, 0.5) is 13.2 Å². The Kier molecular flexibility index (Phi) is 3.20. The van der Waals surface area contributed by atoms with Gasteiger partial charge in [0.15, 0.2) is 5.78 Å². The highest BCUT2D eigenvalue weighted by molar-refractivity contribution is 6.27. The Hall–Kier alpha value is -3.65. The molecule has 5 heteroatoms. The molecule has 3 aromatic carbocycles. The van der Waals surface area contributed by atoms with Gasteiger partial charge in [-0.1, -0.05) is 60.7 Å². The number of nitriles is 1. The minimum atomic E-state index is -4.79. The lowest BCUT2D eigenvalue weighted by Crippen LogP contribution is -2.12. The third-order valence-electron chi connectivity index (χ3n) is 5.27. The lowest BCUT2D eigenvalue weighted by Gasteiger charge is -2.11. The number of nitrogens with zero attached hydrogens (tertiary/aromatic N) is 1. The fourth-order valence-corrected chi connectivity index (χ4v) is 4.20. The van der Waals surface area contributed by atoms with Crippen molar-refractivity contribution in [2.24, 2.45) is 0 Å².